The zero-order chi connectivity index (χ0) is 25.2. The van der Waals surface area contributed by atoms with E-state index in [1.807, 2.05) is 61.1 Å². The molecule has 3 N–H and O–H groups in total. The van der Waals surface area contributed by atoms with Crippen molar-refractivity contribution < 1.29 is 13.9 Å². The van der Waals surface area contributed by atoms with Gasteiger partial charge in [-0.3, -0.25) is 9.78 Å². The molecule has 0 spiro atoms. The van der Waals surface area contributed by atoms with Gasteiger partial charge in [0.15, 0.2) is 11.6 Å². The molecule has 0 saturated heterocycles. The molecule has 5 rings (SSSR count). The Morgan fingerprint density at radius 3 is 2.61 bits per heavy atom. The highest BCUT2D eigenvalue weighted by Gasteiger charge is 2.26. The summed E-state index contributed by atoms with van der Waals surface area (Å²) >= 11 is 1.48. The molecule has 0 aliphatic heterocycles. The molecule has 0 aliphatic rings. The van der Waals surface area contributed by atoms with Crippen molar-refractivity contribution in [2.75, 3.05) is 5.32 Å². The number of carbonyl (C=O) groups excluding carboxylic acids is 1. The van der Waals surface area contributed by atoms with Crippen LogP contribution in [0.3, 0.4) is 0 Å². The summed E-state index contributed by atoms with van der Waals surface area (Å²) in [6.07, 6.45) is 5.28. The standard InChI is InChI=1S/C27H24FN5O2S/c1-16(32-18-6-4-3-5-7-18)25(27(29)34)17-8-9-22(19(28)12-17)35-23-10-11-30-20-13-24(36-26(20)23)21-14-33(2)15-31-21/h3-16,25,32H,1-2H3,(H2,29,34). The Hall–Kier alpha value is -4.24. The van der Waals surface area contributed by atoms with E-state index < -0.39 is 17.6 Å². The number of fused-ring (bicyclic) bond motifs is 1. The number of nitrogens with two attached hydrogens (primary N) is 1. The quantitative estimate of drug-likeness (QED) is 0.285. The van der Waals surface area contributed by atoms with Crippen LogP contribution in [-0.4, -0.2) is 26.5 Å². The molecular formula is C27H24FN5O2S. The topological polar surface area (TPSA) is 95.1 Å². The highest BCUT2D eigenvalue weighted by Crippen LogP contribution is 2.39. The lowest BCUT2D eigenvalue weighted by molar-refractivity contribution is -0.119. The van der Waals surface area contributed by atoms with Crippen LogP contribution < -0.4 is 15.8 Å². The maximum atomic E-state index is 15.2. The lowest BCUT2D eigenvalue weighted by Crippen LogP contribution is -2.34. The molecule has 182 valence electrons. The second-order valence-corrected chi connectivity index (χ2v) is 9.58. The van der Waals surface area contributed by atoms with Crippen molar-refractivity contribution in [3.8, 4) is 22.1 Å². The molecule has 2 atom stereocenters. The molecule has 2 unspecified atom stereocenters. The first-order valence-corrected chi connectivity index (χ1v) is 12.2. The number of nitrogens with one attached hydrogen (secondary N) is 1. The Bertz CT molecular complexity index is 1530. The van der Waals surface area contributed by atoms with Gasteiger partial charge in [0.05, 0.1) is 33.0 Å². The van der Waals surface area contributed by atoms with Gasteiger partial charge in [-0.25, -0.2) is 9.37 Å². The fourth-order valence-corrected chi connectivity index (χ4v) is 5.18. The number of rotatable bonds is 8. The van der Waals surface area contributed by atoms with Crippen molar-refractivity contribution in [3.05, 3.63) is 90.8 Å². The summed E-state index contributed by atoms with van der Waals surface area (Å²) in [7, 11) is 1.91. The summed E-state index contributed by atoms with van der Waals surface area (Å²) in [4.78, 5) is 22.0. The molecule has 9 heteroatoms. The highest BCUT2D eigenvalue weighted by atomic mass is 32.1. The van der Waals surface area contributed by atoms with E-state index in [1.165, 1.54) is 23.5 Å². The first-order valence-electron chi connectivity index (χ1n) is 11.3. The lowest BCUT2D eigenvalue weighted by Gasteiger charge is -2.24. The number of ether oxygens (including phenoxy) is 1. The third-order valence-corrected chi connectivity index (χ3v) is 7.00. The van der Waals surface area contributed by atoms with E-state index in [0.29, 0.717) is 11.3 Å². The lowest BCUT2D eigenvalue weighted by atomic mass is 9.91. The molecule has 0 bridgehead atoms. The molecule has 3 aromatic heterocycles. The van der Waals surface area contributed by atoms with Gasteiger partial charge < -0.3 is 20.4 Å². The van der Waals surface area contributed by atoms with Crippen molar-refractivity contribution in [2.45, 2.75) is 18.9 Å². The van der Waals surface area contributed by atoms with E-state index in [2.05, 4.69) is 15.3 Å². The number of imidazole rings is 1. The van der Waals surface area contributed by atoms with Crippen LogP contribution in [0.15, 0.2) is 79.4 Å². The van der Waals surface area contributed by atoms with E-state index >= 15 is 4.39 Å². The van der Waals surface area contributed by atoms with Crippen LogP contribution in [0.1, 0.15) is 18.4 Å². The van der Waals surface area contributed by atoms with E-state index in [4.69, 9.17) is 10.5 Å². The summed E-state index contributed by atoms with van der Waals surface area (Å²) in [5.74, 6) is -1.33. The number of pyridine rings is 1. The number of carbonyl (C=O) groups is 1. The number of thiophene rings is 1. The van der Waals surface area contributed by atoms with Crippen LogP contribution in [0.2, 0.25) is 0 Å². The number of hydrogen-bond acceptors (Lipinski definition) is 6. The van der Waals surface area contributed by atoms with Crippen molar-refractivity contribution in [1.82, 2.24) is 14.5 Å². The number of amides is 1. The summed E-state index contributed by atoms with van der Waals surface area (Å²) in [6, 6.07) is 17.3. The summed E-state index contributed by atoms with van der Waals surface area (Å²) in [5.41, 5.74) is 8.59. The van der Waals surface area contributed by atoms with E-state index in [1.54, 1.807) is 24.7 Å². The smallest absolute Gasteiger partial charge is 0.227 e. The monoisotopic (exact) mass is 501 g/mol. The Morgan fingerprint density at radius 1 is 1.11 bits per heavy atom. The fourth-order valence-electron chi connectivity index (χ4n) is 4.15. The first-order chi connectivity index (χ1) is 17.4. The molecule has 0 radical (unpaired) electrons. The molecule has 7 nitrogen and oxygen atoms in total. The molecule has 36 heavy (non-hydrogen) atoms. The Morgan fingerprint density at radius 2 is 1.92 bits per heavy atom. The molecule has 3 heterocycles. The van der Waals surface area contributed by atoms with Gasteiger partial charge >= 0.3 is 0 Å². The summed E-state index contributed by atoms with van der Waals surface area (Å²) in [6.45, 7) is 1.84. The van der Waals surface area contributed by atoms with Crippen LogP contribution in [-0.2, 0) is 11.8 Å². The zero-order valence-electron chi connectivity index (χ0n) is 19.7. The summed E-state index contributed by atoms with van der Waals surface area (Å²) < 4.78 is 23.8. The predicted octanol–water partition coefficient (Wildman–Crippen LogP) is 5.70. The van der Waals surface area contributed by atoms with Crippen molar-refractivity contribution in [1.29, 1.82) is 0 Å². The minimum Gasteiger partial charge on any atom is -0.453 e. The number of benzene rings is 2. The number of anilines is 1. The number of halogens is 1. The van der Waals surface area contributed by atoms with Crippen molar-refractivity contribution in [2.24, 2.45) is 12.8 Å². The second-order valence-electron chi connectivity index (χ2n) is 8.53. The van der Waals surface area contributed by atoms with Crippen molar-refractivity contribution >= 4 is 33.1 Å². The van der Waals surface area contributed by atoms with Crippen LogP contribution in [0.25, 0.3) is 20.8 Å². The number of aromatic nitrogens is 3. The SMILES string of the molecule is CC(Nc1ccccc1)C(C(N)=O)c1ccc(Oc2ccnc3cc(-c4cn(C)cn4)sc23)c(F)c1. The van der Waals surface area contributed by atoms with Gasteiger partial charge in [0.25, 0.3) is 0 Å². The fraction of sp³-hybridized carbons (Fsp3) is 0.148. The zero-order valence-corrected chi connectivity index (χ0v) is 20.5. The molecular weight excluding hydrogens is 477 g/mol. The number of primary amides is 1. The number of nitrogens with zero attached hydrogens (tertiary/aromatic N) is 3. The molecule has 1 amide bonds. The average molecular weight is 502 g/mol. The largest absolute Gasteiger partial charge is 0.453 e. The number of para-hydroxylation sites is 1. The maximum Gasteiger partial charge on any atom is 0.227 e. The van der Waals surface area contributed by atoms with Crippen LogP contribution >= 0.6 is 11.3 Å². The average Bonchev–Trinajstić information content (AvgIpc) is 3.48. The molecule has 2 aromatic carbocycles. The van der Waals surface area contributed by atoms with Gasteiger partial charge in [-0.2, -0.15) is 0 Å². The molecule has 0 saturated carbocycles. The Kier molecular flexibility index (Phi) is 6.39. The third-order valence-electron chi connectivity index (χ3n) is 5.84. The minimum atomic E-state index is -0.736. The van der Waals surface area contributed by atoms with Gasteiger partial charge in [0, 0.05) is 37.2 Å². The van der Waals surface area contributed by atoms with E-state index in [9.17, 15) is 4.79 Å². The van der Waals surface area contributed by atoms with Crippen molar-refractivity contribution in [3.63, 3.8) is 0 Å². The van der Waals surface area contributed by atoms with Crippen LogP contribution in [0.4, 0.5) is 10.1 Å². The normalized spacial score (nSPS) is 12.9. The predicted molar refractivity (Wildman–Crippen MR) is 140 cm³/mol. The maximum absolute atomic E-state index is 15.2. The number of aryl methyl sites for hydroxylation is 1. The van der Waals surface area contributed by atoms with Gasteiger partial charge in [-0.15, -0.1) is 11.3 Å². The molecule has 0 aliphatic carbocycles. The third kappa shape index (κ3) is 4.78. The molecule has 5 aromatic rings. The Labute approximate surface area is 211 Å². The van der Waals surface area contributed by atoms with Gasteiger partial charge in [-0.05, 0) is 42.8 Å². The van der Waals surface area contributed by atoms with Gasteiger partial charge in [0.2, 0.25) is 5.91 Å². The summed E-state index contributed by atoms with van der Waals surface area (Å²) in [5, 5.41) is 3.27. The molecule has 0 fully saturated rings. The van der Waals surface area contributed by atoms with E-state index in [-0.39, 0.29) is 11.8 Å². The van der Waals surface area contributed by atoms with Crippen LogP contribution in [0.5, 0.6) is 11.5 Å². The van der Waals surface area contributed by atoms with E-state index in [0.717, 1.165) is 26.5 Å². The Balaban J connectivity index is 1.41. The van der Waals surface area contributed by atoms with Gasteiger partial charge in [-0.1, -0.05) is 24.3 Å². The minimum absolute atomic E-state index is 0.0472. The second kappa shape index (κ2) is 9.79. The first kappa shape index (κ1) is 23.5. The highest BCUT2D eigenvalue weighted by molar-refractivity contribution is 7.22. The van der Waals surface area contributed by atoms with Gasteiger partial charge in [0.1, 0.15) is 5.75 Å². The van der Waals surface area contributed by atoms with Crippen LogP contribution in [0, 0.1) is 5.82 Å². The number of hydrogen-bond donors (Lipinski definition) is 2.